The number of esters is 1. The number of hydrogen-bond acceptors (Lipinski definition) is 6. The van der Waals surface area contributed by atoms with Gasteiger partial charge in [0.05, 0.1) is 17.6 Å². The molecular formula is C21H21N3O4S3. The number of hydrogen-bond donors (Lipinski definition) is 3. The van der Waals surface area contributed by atoms with E-state index in [0.717, 1.165) is 10.4 Å². The third kappa shape index (κ3) is 5.88. The maximum Gasteiger partial charge on any atom is 0.340 e. The van der Waals surface area contributed by atoms with Gasteiger partial charge in [0, 0.05) is 17.0 Å². The van der Waals surface area contributed by atoms with Crippen LogP contribution in [0.4, 0.5) is 10.7 Å². The van der Waals surface area contributed by atoms with Crippen LogP contribution in [0.15, 0.2) is 65.6 Å². The normalized spacial score (nSPS) is 11.0. The highest BCUT2D eigenvalue weighted by Gasteiger charge is 2.18. The summed E-state index contributed by atoms with van der Waals surface area (Å²) in [6.07, 6.45) is 0.679. The quantitative estimate of drug-likeness (QED) is 0.353. The van der Waals surface area contributed by atoms with Crippen LogP contribution in [-0.4, -0.2) is 33.7 Å². The highest BCUT2D eigenvalue weighted by Crippen LogP contribution is 2.31. The number of thiocarbonyl (C=S) groups is 1. The molecule has 0 aliphatic carbocycles. The van der Waals surface area contributed by atoms with E-state index in [1.807, 2.05) is 30.3 Å². The van der Waals surface area contributed by atoms with Crippen LogP contribution in [-0.2, 0) is 21.2 Å². The number of sulfonamides is 1. The van der Waals surface area contributed by atoms with Gasteiger partial charge in [0.2, 0.25) is 10.0 Å². The summed E-state index contributed by atoms with van der Waals surface area (Å²) in [7, 11) is -0.824. The van der Waals surface area contributed by atoms with Gasteiger partial charge in [-0.2, -0.15) is 0 Å². The Morgan fingerprint density at radius 3 is 2.35 bits per heavy atom. The van der Waals surface area contributed by atoms with Gasteiger partial charge in [0.1, 0.15) is 5.00 Å². The molecule has 0 aliphatic heterocycles. The second-order valence-corrected chi connectivity index (χ2v) is 9.85. The molecule has 1 aromatic heterocycles. The first kappa shape index (κ1) is 22.9. The lowest BCUT2D eigenvalue weighted by molar-refractivity contribution is 0.0602. The molecule has 0 bridgehead atoms. The average Bonchev–Trinajstić information content (AvgIpc) is 3.16. The van der Waals surface area contributed by atoms with E-state index in [9.17, 15) is 13.2 Å². The van der Waals surface area contributed by atoms with E-state index in [2.05, 4.69) is 15.4 Å². The molecule has 31 heavy (non-hydrogen) atoms. The van der Waals surface area contributed by atoms with Crippen molar-refractivity contribution < 1.29 is 17.9 Å². The van der Waals surface area contributed by atoms with Crippen LogP contribution in [0.25, 0.3) is 0 Å². The highest BCUT2D eigenvalue weighted by molar-refractivity contribution is 7.89. The maximum absolute atomic E-state index is 12.2. The Kier molecular flexibility index (Phi) is 7.39. The van der Waals surface area contributed by atoms with Crippen LogP contribution >= 0.6 is 23.6 Å². The Balaban J connectivity index is 1.74. The van der Waals surface area contributed by atoms with Gasteiger partial charge in [0.15, 0.2) is 5.11 Å². The van der Waals surface area contributed by atoms with E-state index in [1.54, 1.807) is 18.2 Å². The fourth-order valence-electron chi connectivity index (χ4n) is 2.78. The topological polar surface area (TPSA) is 96.5 Å². The van der Waals surface area contributed by atoms with Crippen LogP contribution in [0.2, 0.25) is 0 Å². The number of methoxy groups -OCH3 is 1. The number of anilines is 2. The standard InChI is InChI=1S/C21H21N3O4S3/c1-22-31(26,27)17-10-8-15(9-11-17)23-21(29)24-19-18(20(25)28-2)13-16(30-19)12-14-6-4-3-5-7-14/h3-11,13,22H,12H2,1-2H3,(H2,23,24,29). The first-order chi connectivity index (χ1) is 14.8. The molecule has 0 atom stereocenters. The maximum atomic E-state index is 12.2. The third-order valence-corrected chi connectivity index (χ3v) is 7.01. The lowest BCUT2D eigenvalue weighted by Crippen LogP contribution is -2.20. The van der Waals surface area contributed by atoms with Gasteiger partial charge >= 0.3 is 5.97 Å². The predicted molar refractivity (Wildman–Crippen MR) is 127 cm³/mol. The Morgan fingerprint density at radius 1 is 1.06 bits per heavy atom. The highest BCUT2D eigenvalue weighted by atomic mass is 32.2. The number of carbonyl (C=O) groups is 1. The first-order valence-corrected chi connectivity index (χ1v) is 11.9. The van der Waals surface area contributed by atoms with Crippen LogP contribution in [0.5, 0.6) is 0 Å². The SMILES string of the molecule is CNS(=O)(=O)c1ccc(NC(=S)Nc2sc(Cc3ccccc3)cc2C(=O)OC)cc1. The molecule has 0 radical (unpaired) electrons. The number of carbonyl (C=O) groups excluding carboxylic acids is 1. The average molecular weight is 476 g/mol. The lowest BCUT2D eigenvalue weighted by Gasteiger charge is -2.11. The molecule has 7 nitrogen and oxygen atoms in total. The van der Waals surface area contributed by atoms with Crippen molar-refractivity contribution in [3.8, 4) is 0 Å². The number of nitrogens with one attached hydrogen (secondary N) is 3. The van der Waals surface area contributed by atoms with Crippen molar-refractivity contribution in [1.29, 1.82) is 0 Å². The second-order valence-electron chi connectivity index (χ2n) is 6.42. The second kappa shape index (κ2) is 10.0. The van der Waals surface area contributed by atoms with E-state index < -0.39 is 16.0 Å². The molecule has 0 saturated heterocycles. The third-order valence-electron chi connectivity index (χ3n) is 4.33. The fraction of sp³-hybridized carbons (Fsp3) is 0.143. The summed E-state index contributed by atoms with van der Waals surface area (Å²) in [5, 5.41) is 6.87. The summed E-state index contributed by atoms with van der Waals surface area (Å²) < 4.78 is 30.8. The molecule has 0 spiro atoms. The monoisotopic (exact) mass is 475 g/mol. The van der Waals surface area contributed by atoms with Crippen LogP contribution in [0.3, 0.4) is 0 Å². The summed E-state index contributed by atoms with van der Waals surface area (Å²) in [6.45, 7) is 0. The number of thiophene rings is 1. The molecule has 0 amide bonds. The number of rotatable bonds is 7. The number of ether oxygens (including phenoxy) is 1. The molecule has 0 fully saturated rings. The summed E-state index contributed by atoms with van der Waals surface area (Å²) in [6, 6.07) is 17.9. The van der Waals surface area contributed by atoms with Gasteiger partial charge in [-0.3, -0.25) is 0 Å². The minimum atomic E-state index is -3.51. The van der Waals surface area contributed by atoms with Gasteiger partial charge in [0.25, 0.3) is 0 Å². The zero-order chi connectivity index (χ0) is 22.4. The summed E-state index contributed by atoms with van der Waals surface area (Å²) in [5.41, 5.74) is 2.13. The van der Waals surface area contributed by atoms with Crippen molar-refractivity contribution >= 4 is 55.3 Å². The zero-order valence-electron chi connectivity index (χ0n) is 16.8. The molecule has 0 aliphatic rings. The van der Waals surface area contributed by atoms with Crippen molar-refractivity contribution in [1.82, 2.24) is 4.72 Å². The molecule has 3 aromatic rings. The van der Waals surface area contributed by atoms with Crippen molar-refractivity contribution in [3.05, 3.63) is 76.7 Å². The first-order valence-electron chi connectivity index (χ1n) is 9.19. The van der Waals surface area contributed by atoms with Gasteiger partial charge in [-0.05, 0) is 55.2 Å². The molecule has 3 N–H and O–H groups in total. The van der Waals surface area contributed by atoms with Crippen molar-refractivity contribution in [2.45, 2.75) is 11.3 Å². The van der Waals surface area contributed by atoms with E-state index in [4.69, 9.17) is 17.0 Å². The van der Waals surface area contributed by atoms with E-state index in [-0.39, 0.29) is 10.0 Å². The molecule has 0 saturated carbocycles. The molecule has 162 valence electrons. The van der Waals surface area contributed by atoms with Crippen LogP contribution in [0, 0.1) is 0 Å². The van der Waals surface area contributed by atoms with Gasteiger partial charge in [-0.25, -0.2) is 17.9 Å². The predicted octanol–water partition coefficient (Wildman–Crippen LogP) is 3.84. The molecule has 3 rings (SSSR count). The zero-order valence-corrected chi connectivity index (χ0v) is 19.3. The van der Waals surface area contributed by atoms with E-state index >= 15 is 0 Å². The molecular weight excluding hydrogens is 454 g/mol. The lowest BCUT2D eigenvalue weighted by atomic mass is 10.1. The van der Waals surface area contributed by atoms with Crippen molar-refractivity contribution in [2.75, 3.05) is 24.8 Å². The smallest absolute Gasteiger partial charge is 0.340 e. The summed E-state index contributed by atoms with van der Waals surface area (Å²) >= 11 is 6.79. The van der Waals surface area contributed by atoms with Crippen LogP contribution in [0.1, 0.15) is 20.8 Å². The molecule has 1 heterocycles. The summed E-state index contributed by atoms with van der Waals surface area (Å²) in [5.74, 6) is -0.456. The molecule has 0 unspecified atom stereocenters. The van der Waals surface area contributed by atoms with E-state index in [0.29, 0.717) is 22.7 Å². The Bertz CT molecular complexity index is 1170. The van der Waals surface area contributed by atoms with Gasteiger partial charge < -0.3 is 15.4 Å². The molecule has 10 heteroatoms. The minimum Gasteiger partial charge on any atom is -0.465 e. The van der Waals surface area contributed by atoms with Crippen LogP contribution < -0.4 is 15.4 Å². The van der Waals surface area contributed by atoms with Gasteiger partial charge in [-0.15, -0.1) is 11.3 Å². The number of benzene rings is 2. The Labute approximate surface area is 190 Å². The summed E-state index contributed by atoms with van der Waals surface area (Å²) in [4.78, 5) is 13.4. The Morgan fingerprint density at radius 2 is 1.74 bits per heavy atom. The van der Waals surface area contributed by atoms with Crippen molar-refractivity contribution in [2.24, 2.45) is 0 Å². The Hall–Kier alpha value is -2.79. The fourth-order valence-corrected chi connectivity index (χ4v) is 4.88. The van der Waals surface area contributed by atoms with Crippen molar-refractivity contribution in [3.63, 3.8) is 0 Å². The minimum absolute atomic E-state index is 0.149. The van der Waals surface area contributed by atoms with E-state index in [1.165, 1.54) is 37.6 Å². The van der Waals surface area contributed by atoms with Gasteiger partial charge in [-0.1, -0.05) is 30.3 Å². The molecule has 2 aromatic carbocycles. The largest absolute Gasteiger partial charge is 0.465 e.